The molecule has 0 aromatic heterocycles. The van der Waals surface area contributed by atoms with Gasteiger partial charge >= 0.3 is 0 Å². The van der Waals surface area contributed by atoms with Crippen LogP contribution < -0.4 is 5.32 Å². The first-order valence-electron chi connectivity index (χ1n) is 6.92. The summed E-state index contributed by atoms with van der Waals surface area (Å²) in [6, 6.07) is 11.5. The Balaban J connectivity index is 1.90. The molecule has 2 aromatic carbocycles. The van der Waals surface area contributed by atoms with E-state index in [4.69, 9.17) is 11.6 Å². The van der Waals surface area contributed by atoms with Gasteiger partial charge in [-0.1, -0.05) is 23.7 Å². The van der Waals surface area contributed by atoms with E-state index in [-0.39, 0.29) is 5.82 Å². The molecule has 1 fully saturated rings. The molecule has 104 valence electrons. The summed E-state index contributed by atoms with van der Waals surface area (Å²) >= 11 is 6.25. The molecule has 1 N–H and O–H groups in total. The molecule has 0 atom stereocenters. The summed E-state index contributed by atoms with van der Waals surface area (Å²) in [7, 11) is 0. The van der Waals surface area contributed by atoms with Crippen molar-refractivity contribution in [2.45, 2.75) is 32.4 Å². The van der Waals surface area contributed by atoms with Crippen molar-refractivity contribution >= 4 is 11.6 Å². The van der Waals surface area contributed by atoms with E-state index >= 15 is 0 Å². The summed E-state index contributed by atoms with van der Waals surface area (Å²) in [6.07, 6.45) is 2.52. The fourth-order valence-electron chi connectivity index (χ4n) is 2.37. The van der Waals surface area contributed by atoms with Crippen LogP contribution in [0.5, 0.6) is 0 Å². The summed E-state index contributed by atoms with van der Waals surface area (Å²) < 4.78 is 13.2. The van der Waals surface area contributed by atoms with Crippen LogP contribution in [0.4, 0.5) is 4.39 Å². The van der Waals surface area contributed by atoms with Gasteiger partial charge in [0.15, 0.2) is 0 Å². The van der Waals surface area contributed by atoms with Gasteiger partial charge in [0.2, 0.25) is 0 Å². The molecule has 1 aliphatic carbocycles. The summed E-state index contributed by atoms with van der Waals surface area (Å²) in [6.45, 7) is 2.72. The van der Waals surface area contributed by atoms with E-state index in [1.807, 2.05) is 25.1 Å². The highest BCUT2D eigenvalue weighted by atomic mass is 35.5. The van der Waals surface area contributed by atoms with E-state index in [9.17, 15) is 4.39 Å². The topological polar surface area (TPSA) is 12.0 Å². The molecule has 0 radical (unpaired) electrons. The Bertz CT molecular complexity index is 635. The lowest BCUT2D eigenvalue weighted by molar-refractivity contribution is 0.627. The maximum Gasteiger partial charge on any atom is 0.123 e. The maximum atomic E-state index is 13.2. The van der Waals surface area contributed by atoms with Crippen molar-refractivity contribution in [3.8, 4) is 11.1 Å². The first-order chi connectivity index (χ1) is 9.63. The molecule has 1 aliphatic rings. The highest BCUT2D eigenvalue weighted by Crippen LogP contribution is 2.29. The largest absolute Gasteiger partial charge is 0.310 e. The molecule has 0 aliphatic heterocycles. The highest BCUT2D eigenvalue weighted by Gasteiger charge is 2.20. The number of rotatable bonds is 4. The summed E-state index contributed by atoms with van der Waals surface area (Å²) in [4.78, 5) is 0. The fourth-order valence-corrected chi connectivity index (χ4v) is 2.55. The minimum atomic E-state index is -0.198. The van der Waals surface area contributed by atoms with E-state index in [1.54, 1.807) is 6.07 Å². The second-order valence-electron chi connectivity index (χ2n) is 5.42. The minimum absolute atomic E-state index is 0.198. The fraction of sp³-hybridized carbons (Fsp3) is 0.294. The predicted octanol–water partition coefficient (Wildman–Crippen LogP) is 4.71. The molecule has 0 spiro atoms. The lowest BCUT2D eigenvalue weighted by atomic mass is 9.98. The summed E-state index contributed by atoms with van der Waals surface area (Å²) in [5.74, 6) is -0.198. The Morgan fingerprint density at radius 1 is 1.20 bits per heavy atom. The molecule has 1 saturated carbocycles. The molecule has 20 heavy (non-hydrogen) atoms. The molecular weight excluding hydrogens is 273 g/mol. The van der Waals surface area contributed by atoms with Crippen molar-refractivity contribution in [2.24, 2.45) is 0 Å². The number of halogens is 2. The van der Waals surface area contributed by atoms with Crippen LogP contribution in [0.2, 0.25) is 5.02 Å². The van der Waals surface area contributed by atoms with Crippen LogP contribution in [-0.4, -0.2) is 6.04 Å². The third-order valence-corrected chi connectivity index (χ3v) is 4.07. The van der Waals surface area contributed by atoms with E-state index in [2.05, 4.69) is 11.4 Å². The van der Waals surface area contributed by atoms with Gasteiger partial charge < -0.3 is 5.32 Å². The third kappa shape index (κ3) is 3.02. The van der Waals surface area contributed by atoms with Gasteiger partial charge in [-0.2, -0.15) is 0 Å². The van der Waals surface area contributed by atoms with Crippen LogP contribution in [0.3, 0.4) is 0 Å². The van der Waals surface area contributed by atoms with Gasteiger partial charge in [0.25, 0.3) is 0 Å². The number of hydrogen-bond acceptors (Lipinski definition) is 1. The van der Waals surface area contributed by atoms with Crippen LogP contribution in [-0.2, 0) is 6.54 Å². The quantitative estimate of drug-likeness (QED) is 0.860. The number of nitrogens with one attached hydrogen (secondary N) is 1. The van der Waals surface area contributed by atoms with Crippen LogP contribution in [0.15, 0.2) is 36.4 Å². The number of hydrogen-bond donors (Lipinski definition) is 1. The van der Waals surface area contributed by atoms with Gasteiger partial charge in [-0.05, 0) is 66.3 Å². The Morgan fingerprint density at radius 2 is 2.00 bits per heavy atom. The molecule has 0 bridgehead atoms. The van der Waals surface area contributed by atoms with Crippen molar-refractivity contribution in [3.05, 3.63) is 58.4 Å². The van der Waals surface area contributed by atoms with Gasteiger partial charge in [0.1, 0.15) is 5.82 Å². The molecule has 0 amide bonds. The highest BCUT2D eigenvalue weighted by molar-refractivity contribution is 6.31. The molecule has 0 saturated heterocycles. The molecule has 2 aromatic rings. The molecule has 3 rings (SSSR count). The van der Waals surface area contributed by atoms with Crippen LogP contribution in [0.1, 0.15) is 24.0 Å². The lowest BCUT2D eigenvalue weighted by Crippen LogP contribution is -2.15. The van der Waals surface area contributed by atoms with Gasteiger partial charge in [-0.15, -0.1) is 0 Å². The molecule has 1 nitrogen and oxygen atoms in total. The zero-order valence-corrected chi connectivity index (χ0v) is 12.2. The third-order valence-electron chi connectivity index (χ3n) is 3.70. The van der Waals surface area contributed by atoms with Crippen LogP contribution in [0, 0.1) is 12.7 Å². The monoisotopic (exact) mass is 289 g/mol. The molecular formula is C17H17ClFN. The van der Waals surface area contributed by atoms with E-state index in [0.717, 1.165) is 33.8 Å². The average Bonchev–Trinajstić information content (AvgIpc) is 3.22. The van der Waals surface area contributed by atoms with Crippen LogP contribution >= 0.6 is 11.6 Å². The van der Waals surface area contributed by atoms with Crippen molar-refractivity contribution in [1.82, 2.24) is 5.32 Å². The van der Waals surface area contributed by atoms with E-state index < -0.39 is 0 Å². The summed E-state index contributed by atoms with van der Waals surface area (Å²) in [5.41, 5.74) is 4.17. The zero-order chi connectivity index (χ0) is 14.1. The second kappa shape index (κ2) is 5.55. The Kier molecular flexibility index (Phi) is 3.77. The minimum Gasteiger partial charge on any atom is -0.310 e. The van der Waals surface area contributed by atoms with Gasteiger partial charge in [-0.3, -0.25) is 0 Å². The first kappa shape index (κ1) is 13.6. The molecule has 0 unspecified atom stereocenters. The van der Waals surface area contributed by atoms with Crippen molar-refractivity contribution in [1.29, 1.82) is 0 Å². The van der Waals surface area contributed by atoms with Crippen molar-refractivity contribution < 1.29 is 4.39 Å². The average molecular weight is 290 g/mol. The van der Waals surface area contributed by atoms with E-state index in [0.29, 0.717) is 6.04 Å². The van der Waals surface area contributed by atoms with Gasteiger partial charge in [0.05, 0.1) is 0 Å². The van der Waals surface area contributed by atoms with Crippen molar-refractivity contribution in [2.75, 3.05) is 0 Å². The predicted molar refractivity (Wildman–Crippen MR) is 81.4 cm³/mol. The zero-order valence-electron chi connectivity index (χ0n) is 11.4. The normalized spacial score (nSPS) is 14.6. The maximum absolute atomic E-state index is 13.2. The summed E-state index contributed by atoms with van der Waals surface area (Å²) in [5, 5.41) is 4.25. The second-order valence-corrected chi connectivity index (χ2v) is 5.83. The smallest absolute Gasteiger partial charge is 0.123 e. The first-order valence-corrected chi connectivity index (χ1v) is 7.29. The SMILES string of the molecule is Cc1cc(F)ccc1-c1ccc(Cl)c(CNC2CC2)c1. The molecule has 3 heteroatoms. The van der Waals surface area contributed by atoms with E-state index in [1.165, 1.54) is 18.9 Å². The Labute approximate surface area is 123 Å². The van der Waals surface area contributed by atoms with Crippen molar-refractivity contribution in [3.63, 3.8) is 0 Å². The van der Waals surface area contributed by atoms with Gasteiger partial charge in [0, 0.05) is 17.6 Å². The Hall–Kier alpha value is -1.38. The number of aryl methyl sites for hydroxylation is 1. The van der Waals surface area contributed by atoms with Gasteiger partial charge in [-0.25, -0.2) is 4.39 Å². The Morgan fingerprint density at radius 3 is 2.70 bits per heavy atom. The number of benzene rings is 2. The molecule has 0 heterocycles. The lowest BCUT2D eigenvalue weighted by Gasteiger charge is -2.11. The van der Waals surface area contributed by atoms with Crippen LogP contribution in [0.25, 0.3) is 11.1 Å². The standard InChI is InChI=1S/C17H17ClFN/c1-11-8-14(19)3-6-16(11)12-2-7-17(18)13(9-12)10-20-15-4-5-15/h2-3,6-9,15,20H,4-5,10H2,1H3.